The van der Waals surface area contributed by atoms with Crippen molar-refractivity contribution in [2.45, 2.75) is 6.92 Å². The van der Waals surface area contributed by atoms with Crippen molar-refractivity contribution in [3.63, 3.8) is 0 Å². The van der Waals surface area contributed by atoms with E-state index in [0.29, 0.717) is 5.56 Å². The maximum absolute atomic E-state index is 10.1. The Morgan fingerprint density at radius 1 is 0.576 bits per heavy atom. The number of phenolic OH excluding ortho intramolecular Hbond substituents is 2. The highest BCUT2D eigenvalue weighted by molar-refractivity contribution is 5.79. The van der Waals surface area contributed by atoms with E-state index in [0.717, 1.165) is 55.3 Å². The number of fused-ring (bicyclic) bond motifs is 8. The van der Waals surface area contributed by atoms with E-state index < -0.39 is 0 Å². The van der Waals surface area contributed by atoms with Gasteiger partial charge in [-0.3, -0.25) is 0 Å². The van der Waals surface area contributed by atoms with Crippen LogP contribution in [0.15, 0.2) is 66.7 Å². The molecule has 0 amide bonds. The van der Waals surface area contributed by atoms with Gasteiger partial charge in [0.1, 0.15) is 11.5 Å². The molecule has 0 spiro atoms. The maximum Gasteiger partial charge on any atom is 0.119 e. The van der Waals surface area contributed by atoms with Crippen LogP contribution in [0.5, 0.6) is 11.5 Å². The van der Waals surface area contributed by atoms with E-state index in [1.54, 1.807) is 12.1 Å². The molecule has 0 atom stereocenters. The van der Waals surface area contributed by atoms with Gasteiger partial charge in [0.15, 0.2) is 0 Å². The third-order valence-electron chi connectivity index (χ3n) is 5.99. The molecule has 5 aromatic rings. The molecule has 6 heteroatoms. The van der Waals surface area contributed by atoms with Gasteiger partial charge in [-0.1, -0.05) is 0 Å². The van der Waals surface area contributed by atoms with E-state index in [4.69, 9.17) is 0 Å². The van der Waals surface area contributed by atoms with Crippen molar-refractivity contribution in [1.29, 1.82) is 0 Å². The lowest BCUT2D eigenvalue weighted by Gasteiger charge is -2.07. The van der Waals surface area contributed by atoms with Gasteiger partial charge in [-0.2, -0.15) is 0 Å². The molecule has 0 unspecified atom stereocenters. The predicted octanol–water partition coefficient (Wildman–Crippen LogP) is 1.85. The number of rotatable bonds is 1. The third-order valence-corrected chi connectivity index (χ3v) is 5.99. The van der Waals surface area contributed by atoms with Crippen molar-refractivity contribution in [2.75, 3.05) is 0 Å². The van der Waals surface area contributed by atoms with E-state index in [-0.39, 0.29) is 11.5 Å². The Hall–Kier alpha value is -4.58. The van der Waals surface area contributed by atoms with Crippen molar-refractivity contribution < 1.29 is 10.2 Å². The average molecular weight is 434 g/mol. The lowest BCUT2D eigenvalue weighted by Crippen LogP contribution is -2.15. The van der Waals surface area contributed by atoms with Crippen LogP contribution in [0.3, 0.4) is 0 Å². The second-order valence-corrected chi connectivity index (χ2v) is 8.34. The number of aromatic hydroxyl groups is 2. The molecular formula is C27H22N4O2. The fraction of sp³-hybridized carbons (Fsp3) is 0.0370. The second kappa shape index (κ2) is 7.24. The van der Waals surface area contributed by atoms with E-state index in [1.807, 2.05) is 24.3 Å². The molecule has 0 saturated heterocycles. The quantitative estimate of drug-likeness (QED) is 0.242. The summed E-state index contributed by atoms with van der Waals surface area (Å²) in [5.74, 6) is 0.0107. The summed E-state index contributed by atoms with van der Waals surface area (Å²) in [7, 11) is 0. The molecule has 1 aliphatic heterocycles. The highest BCUT2D eigenvalue weighted by Gasteiger charge is 2.12. The number of aromatic amines is 4. The molecule has 6 N–H and O–H groups in total. The summed E-state index contributed by atoms with van der Waals surface area (Å²) in [5, 5.41) is 24.1. The molecular weight excluding hydrogens is 412 g/mol. The van der Waals surface area contributed by atoms with Crippen LogP contribution >= 0.6 is 0 Å². The van der Waals surface area contributed by atoms with Crippen LogP contribution < -0.4 is 21.4 Å². The van der Waals surface area contributed by atoms with Crippen LogP contribution in [0.4, 0.5) is 0 Å². The number of benzene rings is 1. The first-order valence-corrected chi connectivity index (χ1v) is 10.7. The minimum atomic E-state index is 0.00535. The molecule has 1 aromatic carbocycles. The largest absolute Gasteiger partial charge is 0.508 e. The number of aromatic nitrogens is 4. The fourth-order valence-electron chi connectivity index (χ4n) is 4.39. The molecule has 0 aliphatic carbocycles. The van der Waals surface area contributed by atoms with Gasteiger partial charge in [0.25, 0.3) is 0 Å². The van der Waals surface area contributed by atoms with Crippen LogP contribution in [0.2, 0.25) is 0 Å². The van der Waals surface area contributed by atoms with E-state index in [1.165, 1.54) is 6.07 Å². The van der Waals surface area contributed by atoms with Crippen molar-refractivity contribution in [3.8, 4) is 11.5 Å². The number of hydrogen-bond donors (Lipinski definition) is 6. The lowest BCUT2D eigenvalue weighted by atomic mass is 10.0. The fourth-order valence-corrected chi connectivity index (χ4v) is 4.39. The summed E-state index contributed by atoms with van der Waals surface area (Å²) in [6, 6.07) is 20.9. The normalized spacial score (nSPS) is 13.0. The van der Waals surface area contributed by atoms with Crippen LogP contribution in [-0.4, -0.2) is 30.1 Å². The highest BCUT2D eigenvalue weighted by Crippen LogP contribution is 2.28. The zero-order chi connectivity index (χ0) is 22.5. The number of nitrogens with one attached hydrogen (secondary N) is 4. The average Bonchev–Trinajstić information content (AvgIpc) is 3.56. The molecule has 4 aromatic heterocycles. The Bertz CT molecular complexity index is 1740. The molecule has 0 fully saturated rings. The topological polar surface area (TPSA) is 104 Å². The van der Waals surface area contributed by atoms with Crippen LogP contribution in [0.25, 0.3) is 23.3 Å². The molecule has 162 valence electrons. The Balaban J connectivity index is 1.69. The van der Waals surface area contributed by atoms with Gasteiger partial charge in [0, 0.05) is 55.8 Å². The Kier molecular flexibility index (Phi) is 4.20. The molecule has 1 aliphatic rings. The summed E-state index contributed by atoms with van der Waals surface area (Å²) in [5.41, 5.74) is 6.52. The van der Waals surface area contributed by atoms with Gasteiger partial charge in [-0.05, 0) is 90.9 Å². The van der Waals surface area contributed by atoms with Crippen molar-refractivity contribution in [2.24, 2.45) is 0 Å². The molecule has 6 nitrogen and oxygen atoms in total. The summed E-state index contributed by atoms with van der Waals surface area (Å²) in [6.45, 7) is 2.10. The standard InChI is InChI=1S/C27H22N4O2/c1-15-23-6-2-17(28-23)12-19-4-8-25(30-19)27(16-10-21(32)14-22(33)11-16)26-9-5-20(31-26)13-18-3-7-24(15)29-18/h2-14,28-33H,1H3. The van der Waals surface area contributed by atoms with Crippen LogP contribution in [0.1, 0.15) is 35.3 Å². The first-order chi connectivity index (χ1) is 16.0. The molecule has 0 radical (unpaired) electrons. The summed E-state index contributed by atoms with van der Waals surface area (Å²) >= 11 is 0. The van der Waals surface area contributed by atoms with E-state index in [9.17, 15) is 10.2 Å². The van der Waals surface area contributed by atoms with Gasteiger partial charge >= 0.3 is 0 Å². The first-order valence-electron chi connectivity index (χ1n) is 10.7. The Morgan fingerprint density at radius 3 is 1.85 bits per heavy atom. The summed E-state index contributed by atoms with van der Waals surface area (Å²) < 4.78 is 0. The molecule has 6 rings (SSSR count). The SMILES string of the molecule is CC1=c2ccc([nH]2)=Cc2ccc([nH]2)C(c2cc(O)cc(O)c2)=c2ccc([nH]2)=Cc2ccc1[nH]2. The maximum atomic E-state index is 10.1. The Morgan fingerprint density at radius 2 is 1.15 bits per heavy atom. The zero-order valence-corrected chi connectivity index (χ0v) is 17.9. The highest BCUT2D eigenvalue weighted by atomic mass is 16.3. The molecule has 8 bridgehead atoms. The van der Waals surface area contributed by atoms with Crippen molar-refractivity contribution in [1.82, 2.24) is 19.9 Å². The summed E-state index contributed by atoms with van der Waals surface area (Å²) in [4.78, 5) is 13.9. The minimum Gasteiger partial charge on any atom is -0.508 e. The molecule has 33 heavy (non-hydrogen) atoms. The van der Waals surface area contributed by atoms with E-state index in [2.05, 4.69) is 63.3 Å². The monoisotopic (exact) mass is 434 g/mol. The smallest absolute Gasteiger partial charge is 0.119 e. The van der Waals surface area contributed by atoms with Gasteiger partial charge in [0.2, 0.25) is 0 Å². The minimum absolute atomic E-state index is 0.00535. The summed E-state index contributed by atoms with van der Waals surface area (Å²) in [6.07, 6.45) is 4.11. The number of H-pyrrole nitrogens is 4. The van der Waals surface area contributed by atoms with Crippen LogP contribution in [0, 0.1) is 0 Å². The number of hydrogen-bond acceptors (Lipinski definition) is 2. The first kappa shape index (κ1) is 19.1. The number of phenols is 2. The van der Waals surface area contributed by atoms with Gasteiger partial charge in [-0.25, -0.2) is 0 Å². The van der Waals surface area contributed by atoms with Gasteiger partial charge < -0.3 is 30.1 Å². The second-order valence-electron chi connectivity index (χ2n) is 8.34. The zero-order valence-electron chi connectivity index (χ0n) is 17.9. The van der Waals surface area contributed by atoms with Gasteiger partial charge in [0.05, 0.1) is 0 Å². The van der Waals surface area contributed by atoms with Crippen molar-refractivity contribution >= 4 is 23.3 Å². The van der Waals surface area contributed by atoms with Crippen LogP contribution in [-0.2, 0) is 0 Å². The molecule has 0 saturated carbocycles. The predicted molar refractivity (Wildman–Crippen MR) is 128 cm³/mol. The molecule has 5 heterocycles. The van der Waals surface area contributed by atoms with E-state index >= 15 is 0 Å². The Labute approximate surface area is 188 Å². The third kappa shape index (κ3) is 3.47. The van der Waals surface area contributed by atoms with Gasteiger partial charge in [-0.15, -0.1) is 0 Å². The lowest BCUT2D eigenvalue weighted by molar-refractivity contribution is 0.450. The van der Waals surface area contributed by atoms with Crippen molar-refractivity contribution in [3.05, 3.63) is 116 Å².